The summed E-state index contributed by atoms with van der Waals surface area (Å²) in [6.45, 7) is 4.61. The lowest BCUT2D eigenvalue weighted by Gasteiger charge is -2.36. The van der Waals surface area contributed by atoms with Crippen molar-refractivity contribution in [3.05, 3.63) is 65.1 Å². The van der Waals surface area contributed by atoms with Crippen LogP contribution in [0.15, 0.2) is 48.7 Å². The Morgan fingerprint density at radius 2 is 1.79 bits per heavy atom. The Labute approximate surface area is 167 Å². The number of aromatic nitrogens is 1. The molecule has 0 aliphatic carbocycles. The van der Waals surface area contributed by atoms with Crippen LogP contribution in [-0.2, 0) is 0 Å². The molecule has 1 fully saturated rings. The molecule has 2 aromatic carbocycles. The van der Waals surface area contributed by atoms with Gasteiger partial charge in [0.25, 0.3) is 0 Å². The van der Waals surface area contributed by atoms with E-state index in [0.717, 1.165) is 35.2 Å². The van der Waals surface area contributed by atoms with Gasteiger partial charge < -0.3 is 15.1 Å². The van der Waals surface area contributed by atoms with Gasteiger partial charge in [0.1, 0.15) is 5.82 Å². The lowest BCUT2D eigenvalue weighted by Crippen LogP contribution is -2.50. The van der Waals surface area contributed by atoms with Crippen molar-refractivity contribution in [1.82, 2.24) is 9.88 Å². The zero-order valence-corrected chi connectivity index (χ0v) is 16.2. The molecule has 28 heavy (non-hydrogen) atoms. The maximum Gasteiger partial charge on any atom is 0.321 e. The van der Waals surface area contributed by atoms with Crippen LogP contribution in [0.4, 0.5) is 20.6 Å². The van der Waals surface area contributed by atoms with E-state index in [1.807, 2.05) is 25.1 Å². The maximum atomic E-state index is 13.0. The van der Waals surface area contributed by atoms with Crippen molar-refractivity contribution in [3.8, 4) is 0 Å². The van der Waals surface area contributed by atoms with Gasteiger partial charge in [0.2, 0.25) is 0 Å². The fraction of sp³-hybridized carbons (Fsp3) is 0.238. The number of piperazine rings is 1. The standard InChI is InChI=1S/C21H20ClFN4O/c1-14-18(22)7-6-17-19(8-9-24-20(14)17)26-10-12-27(13-11-26)21(28)25-16-4-2-15(23)3-5-16/h2-9H,10-13H2,1H3,(H,25,28). The Morgan fingerprint density at radius 1 is 1.07 bits per heavy atom. The summed E-state index contributed by atoms with van der Waals surface area (Å²) < 4.78 is 13.0. The molecule has 1 N–H and O–H groups in total. The van der Waals surface area contributed by atoms with Gasteiger partial charge in [-0.15, -0.1) is 0 Å². The van der Waals surface area contributed by atoms with Crippen molar-refractivity contribution >= 4 is 39.9 Å². The van der Waals surface area contributed by atoms with Crippen molar-refractivity contribution in [2.45, 2.75) is 6.92 Å². The summed E-state index contributed by atoms with van der Waals surface area (Å²) >= 11 is 6.23. The largest absolute Gasteiger partial charge is 0.367 e. The number of carbonyl (C=O) groups excluding carboxylic acids is 1. The first kappa shape index (κ1) is 18.5. The number of amides is 2. The Balaban J connectivity index is 1.46. The van der Waals surface area contributed by atoms with E-state index >= 15 is 0 Å². The average Bonchev–Trinajstić information content (AvgIpc) is 2.72. The third-order valence-electron chi connectivity index (χ3n) is 5.08. The molecule has 0 spiro atoms. The molecular formula is C21H20ClFN4O. The van der Waals surface area contributed by atoms with Crippen molar-refractivity contribution in [3.63, 3.8) is 0 Å². The number of rotatable bonds is 2. The first-order valence-electron chi connectivity index (χ1n) is 9.13. The number of carbonyl (C=O) groups is 1. The molecule has 2 heterocycles. The summed E-state index contributed by atoms with van der Waals surface area (Å²) in [6.07, 6.45) is 1.80. The van der Waals surface area contributed by atoms with E-state index in [9.17, 15) is 9.18 Å². The lowest BCUT2D eigenvalue weighted by atomic mass is 10.1. The second kappa shape index (κ2) is 7.64. The molecule has 0 unspecified atom stereocenters. The predicted octanol–water partition coefficient (Wildman–Crippen LogP) is 4.69. The summed E-state index contributed by atoms with van der Waals surface area (Å²) in [5, 5.41) is 4.59. The van der Waals surface area contributed by atoms with Crippen LogP contribution < -0.4 is 10.2 Å². The predicted molar refractivity (Wildman–Crippen MR) is 111 cm³/mol. The number of hydrogen-bond acceptors (Lipinski definition) is 3. The Hall–Kier alpha value is -2.86. The van der Waals surface area contributed by atoms with Gasteiger partial charge in [0.15, 0.2) is 0 Å². The topological polar surface area (TPSA) is 48.5 Å². The molecule has 0 radical (unpaired) electrons. The third kappa shape index (κ3) is 3.60. The molecule has 144 valence electrons. The molecule has 0 saturated carbocycles. The molecule has 5 nitrogen and oxygen atoms in total. The molecule has 2 amide bonds. The highest BCUT2D eigenvalue weighted by atomic mass is 35.5. The van der Waals surface area contributed by atoms with Crippen LogP contribution in [-0.4, -0.2) is 42.1 Å². The minimum Gasteiger partial charge on any atom is -0.367 e. The smallest absolute Gasteiger partial charge is 0.321 e. The summed E-state index contributed by atoms with van der Waals surface area (Å²) in [6, 6.07) is 11.5. The lowest BCUT2D eigenvalue weighted by molar-refractivity contribution is 0.208. The summed E-state index contributed by atoms with van der Waals surface area (Å²) in [5.41, 5.74) is 3.56. The van der Waals surface area contributed by atoms with E-state index in [4.69, 9.17) is 11.6 Å². The van der Waals surface area contributed by atoms with Crippen LogP contribution >= 0.6 is 11.6 Å². The van der Waals surface area contributed by atoms with Gasteiger partial charge >= 0.3 is 6.03 Å². The number of halogens is 2. The van der Waals surface area contributed by atoms with Crippen molar-refractivity contribution < 1.29 is 9.18 Å². The van der Waals surface area contributed by atoms with Gasteiger partial charge in [0.05, 0.1) is 5.52 Å². The van der Waals surface area contributed by atoms with E-state index in [-0.39, 0.29) is 11.8 Å². The second-order valence-electron chi connectivity index (χ2n) is 6.81. The highest BCUT2D eigenvalue weighted by Crippen LogP contribution is 2.31. The fourth-order valence-corrected chi connectivity index (χ4v) is 3.64. The first-order chi connectivity index (χ1) is 13.5. The van der Waals surface area contributed by atoms with E-state index in [0.29, 0.717) is 23.8 Å². The van der Waals surface area contributed by atoms with Gasteiger partial charge in [0, 0.05) is 54.2 Å². The van der Waals surface area contributed by atoms with Crippen molar-refractivity contribution in [1.29, 1.82) is 0 Å². The average molecular weight is 399 g/mol. The van der Waals surface area contributed by atoms with Crippen LogP contribution in [0, 0.1) is 12.7 Å². The summed E-state index contributed by atoms with van der Waals surface area (Å²) in [5.74, 6) is -0.326. The number of anilines is 2. The maximum absolute atomic E-state index is 13.0. The number of fused-ring (bicyclic) bond motifs is 1. The molecule has 1 aromatic heterocycles. The molecule has 0 atom stereocenters. The molecule has 1 aliphatic rings. The zero-order chi connectivity index (χ0) is 19.7. The zero-order valence-electron chi connectivity index (χ0n) is 15.5. The number of nitrogens with zero attached hydrogens (tertiary/aromatic N) is 3. The van der Waals surface area contributed by atoms with E-state index in [1.54, 1.807) is 23.2 Å². The minimum atomic E-state index is -0.326. The molecular weight excluding hydrogens is 379 g/mol. The van der Waals surface area contributed by atoms with Crippen LogP contribution in [0.1, 0.15) is 5.56 Å². The number of benzene rings is 2. The second-order valence-corrected chi connectivity index (χ2v) is 7.22. The third-order valence-corrected chi connectivity index (χ3v) is 5.49. The number of aryl methyl sites for hydroxylation is 1. The molecule has 1 saturated heterocycles. The Kier molecular flexibility index (Phi) is 5.05. The van der Waals surface area contributed by atoms with Gasteiger partial charge in [-0.1, -0.05) is 11.6 Å². The van der Waals surface area contributed by atoms with Gasteiger partial charge in [-0.2, -0.15) is 0 Å². The quantitative estimate of drug-likeness (QED) is 0.681. The summed E-state index contributed by atoms with van der Waals surface area (Å²) in [4.78, 5) is 21.0. The van der Waals surface area contributed by atoms with Crippen LogP contribution in [0.3, 0.4) is 0 Å². The minimum absolute atomic E-state index is 0.173. The van der Waals surface area contributed by atoms with Crippen molar-refractivity contribution in [2.24, 2.45) is 0 Å². The molecule has 3 aromatic rings. The Morgan fingerprint density at radius 3 is 2.50 bits per heavy atom. The van der Waals surface area contributed by atoms with Crippen LogP contribution in [0.5, 0.6) is 0 Å². The molecule has 0 bridgehead atoms. The van der Waals surface area contributed by atoms with Crippen molar-refractivity contribution in [2.75, 3.05) is 36.4 Å². The molecule has 7 heteroatoms. The number of pyridine rings is 1. The van der Waals surface area contributed by atoms with Gasteiger partial charge in [-0.3, -0.25) is 4.98 Å². The van der Waals surface area contributed by atoms with E-state index in [1.165, 1.54) is 12.1 Å². The SMILES string of the molecule is Cc1c(Cl)ccc2c(N3CCN(C(=O)Nc4ccc(F)cc4)CC3)ccnc12. The highest BCUT2D eigenvalue weighted by molar-refractivity contribution is 6.32. The van der Waals surface area contributed by atoms with E-state index in [2.05, 4.69) is 15.2 Å². The van der Waals surface area contributed by atoms with E-state index < -0.39 is 0 Å². The van der Waals surface area contributed by atoms with Crippen LogP contribution in [0.25, 0.3) is 10.9 Å². The number of urea groups is 1. The number of nitrogens with one attached hydrogen (secondary N) is 1. The summed E-state index contributed by atoms with van der Waals surface area (Å²) in [7, 11) is 0. The number of hydrogen-bond donors (Lipinski definition) is 1. The molecule has 1 aliphatic heterocycles. The first-order valence-corrected chi connectivity index (χ1v) is 9.51. The molecule has 4 rings (SSSR count). The fourth-order valence-electron chi connectivity index (χ4n) is 3.48. The Bertz CT molecular complexity index is 1020. The normalized spacial score (nSPS) is 14.4. The van der Waals surface area contributed by atoms with Gasteiger partial charge in [-0.25, -0.2) is 9.18 Å². The van der Waals surface area contributed by atoms with Gasteiger partial charge in [-0.05, 0) is 55.0 Å². The highest BCUT2D eigenvalue weighted by Gasteiger charge is 2.23. The van der Waals surface area contributed by atoms with Crippen LogP contribution in [0.2, 0.25) is 5.02 Å². The monoisotopic (exact) mass is 398 g/mol.